The minimum absolute atomic E-state index is 0.0429. The highest BCUT2D eigenvalue weighted by atomic mass is 16.2. The third-order valence-corrected chi connectivity index (χ3v) is 4.56. The molecule has 1 N–H and O–H groups in total. The quantitative estimate of drug-likeness (QED) is 0.916. The van der Waals surface area contributed by atoms with Crippen LogP contribution in [0.25, 0.3) is 0 Å². The van der Waals surface area contributed by atoms with Crippen molar-refractivity contribution in [3.05, 3.63) is 42.4 Å². The SMILES string of the molecule is O=C(c1ccc(NC2CC2)nc1)N1CCCN(c2ncccn2)CC1. The zero-order chi connectivity index (χ0) is 17.1. The van der Waals surface area contributed by atoms with Crippen molar-refractivity contribution in [1.82, 2.24) is 19.9 Å². The molecule has 1 saturated heterocycles. The number of rotatable bonds is 4. The molecule has 130 valence electrons. The van der Waals surface area contributed by atoms with Crippen molar-refractivity contribution >= 4 is 17.7 Å². The monoisotopic (exact) mass is 338 g/mol. The van der Waals surface area contributed by atoms with Gasteiger partial charge in [-0.1, -0.05) is 0 Å². The summed E-state index contributed by atoms with van der Waals surface area (Å²) >= 11 is 0. The van der Waals surface area contributed by atoms with Gasteiger partial charge in [-0.3, -0.25) is 4.79 Å². The number of carbonyl (C=O) groups excluding carboxylic acids is 1. The molecule has 7 nitrogen and oxygen atoms in total. The lowest BCUT2D eigenvalue weighted by atomic mass is 10.2. The minimum atomic E-state index is 0.0429. The standard InChI is InChI=1S/C18H22N6O/c25-17(14-3-6-16(21-13-14)22-15-4-5-15)23-9-2-10-24(12-11-23)18-19-7-1-8-20-18/h1,3,6-8,13,15H,2,4-5,9-12H2,(H,21,22). The molecule has 1 aliphatic carbocycles. The van der Waals surface area contributed by atoms with Crippen LogP contribution in [0.15, 0.2) is 36.8 Å². The number of hydrogen-bond donors (Lipinski definition) is 1. The Balaban J connectivity index is 1.38. The third-order valence-electron chi connectivity index (χ3n) is 4.56. The molecule has 25 heavy (non-hydrogen) atoms. The van der Waals surface area contributed by atoms with Crippen LogP contribution in [0.3, 0.4) is 0 Å². The molecule has 1 aliphatic heterocycles. The maximum Gasteiger partial charge on any atom is 0.255 e. The maximum absolute atomic E-state index is 12.8. The fourth-order valence-electron chi connectivity index (χ4n) is 3.00. The number of amides is 1. The van der Waals surface area contributed by atoms with E-state index in [1.165, 1.54) is 12.8 Å². The highest BCUT2D eigenvalue weighted by Gasteiger charge is 2.23. The molecular weight excluding hydrogens is 316 g/mol. The summed E-state index contributed by atoms with van der Waals surface area (Å²) in [5, 5.41) is 3.34. The summed E-state index contributed by atoms with van der Waals surface area (Å²) in [4.78, 5) is 29.8. The molecule has 1 saturated carbocycles. The van der Waals surface area contributed by atoms with Crippen LogP contribution in [0.4, 0.5) is 11.8 Å². The average molecular weight is 338 g/mol. The number of aromatic nitrogens is 3. The molecule has 4 rings (SSSR count). The van der Waals surface area contributed by atoms with Crippen molar-refractivity contribution in [2.24, 2.45) is 0 Å². The average Bonchev–Trinajstić information content (AvgIpc) is 3.49. The second-order valence-corrected chi connectivity index (χ2v) is 6.53. The number of nitrogens with one attached hydrogen (secondary N) is 1. The van der Waals surface area contributed by atoms with Crippen LogP contribution in [0.2, 0.25) is 0 Å². The van der Waals surface area contributed by atoms with Crippen molar-refractivity contribution in [2.45, 2.75) is 25.3 Å². The molecule has 0 bridgehead atoms. The molecule has 2 aromatic heterocycles. The number of pyridine rings is 1. The van der Waals surface area contributed by atoms with Crippen LogP contribution >= 0.6 is 0 Å². The van der Waals surface area contributed by atoms with Gasteiger partial charge < -0.3 is 15.1 Å². The summed E-state index contributed by atoms with van der Waals surface area (Å²) in [7, 11) is 0. The molecule has 7 heteroatoms. The zero-order valence-electron chi connectivity index (χ0n) is 14.1. The Kier molecular flexibility index (Phi) is 4.45. The Hall–Kier alpha value is -2.70. The van der Waals surface area contributed by atoms with Gasteiger partial charge in [0.25, 0.3) is 5.91 Å². The second kappa shape index (κ2) is 7.04. The molecule has 1 amide bonds. The Bertz CT molecular complexity index is 716. The molecule has 2 aromatic rings. The molecule has 0 aromatic carbocycles. The van der Waals surface area contributed by atoms with E-state index in [1.54, 1.807) is 18.6 Å². The van der Waals surface area contributed by atoms with Gasteiger partial charge in [0.2, 0.25) is 5.95 Å². The molecule has 0 atom stereocenters. The molecular formula is C18H22N6O. The Morgan fingerprint density at radius 1 is 1.04 bits per heavy atom. The van der Waals surface area contributed by atoms with Crippen LogP contribution in [-0.2, 0) is 0 Å². The summed E-state index contributed by atoms with van der Waals surface area (Å²) in [5.41, 5.74) is 0.644. The first-order chi connectivity index (χ1) is 12.3. The fraction of sp³-hybridized carbons (Fsp3) is 0.444. The van der Waals surface area contributed by atoms with Gasteiger partial charge in [0, 0.05) is 50.8 Å². The van der Waals surface area contributed by atoms with Gasteiger partial charge in [-0.2, -0.15) is 0 Å². The predicted molar refractivity (Wildman–Crippen MR) is 95.6 cm³/mol. The first-order valence-electron chi connectivity index (χ1n) is 8.83. The van der Waals surface area contributed by atoms with Gasteiger partial charge in [0.15, 0.2) is 0 Å². The maximum atomic E-state index is 12.8. The van der Waals surface area contributed by atoms with Crippen molar-refractivity contribution in [3.8, 4) is 0 Å². The molecule has 0 unspecified atom stereocenters. The molecule has 3 heterocycles. The van der Waals surface area contributed by atoms with Crippen LogP contribution in [0.5, 0.6) is 0 Å². The number of anilines is 2. The third kappa shape index (κ3) is 3.87. The lowest BCUT2D eigenvalue weighted by Gasteiger charge is -2.22. The van der Waals surface area contributed by atoms with E-state index in [2.05, 4.69) is 25.2 Å². The predicted octanol–water partition coefficient (Wildman–Crippen LogP) is 1.80. The van der Waals surface area contributed by atoms with Crippen LogP contribution in [0.1, 0.15) is 29.6 Å². The van der Waals surface area contributed by atoms with E-state index in [0.29, 0.717) is 18.2 Å². The van der Waals surface area contributed by atoms with Crippen molar-refractivity contribution in [3.63, 3.8) is 0 Å². The molecule has 0 radical (unpaired) electrons. The first kappa shape index (κ1) is 15.8. The number of nitrogens with zero attached hydrogens (tertiary/aromatic N) is 5. The summed E-state index contributed by atoms with van der Waals surface area (Å²) in [6, 6.07) is 6.13. The van der Waals surface area contributed by atoms with Gasteiger partial charge in [0.05, 0.1) is 5.56 Å². The van der Waals surface area contributed by atoms with E-state index in [9.17, 15) is 4.79 Å². The van der Waals surface area contributed by atoms with Gasteiger partial charge in [-0.15, -0.1) is 0 Å². The van der Waals surface area contributed by atoms with Gasteiger partial charge >= 0.3 is 0 Å². The van der Waals surface area contributed by atoms with E-state index in [-0.39, 0.29) is 5.91 Å². The lowest BCUT2D eigenvalue weighted by molar-refractivity contribution is 0.0766. The van der Waals surface area contributed by atoms with Gasteiger partial charge in [-0.05, 0) is 37.5 Å². The molecule has 2 aliphatic rings. The van der Waals surface area contributed by atoms with Crippen molar-refractivity contribution < 1.29 is 4.79 Å². The van der Waals surface area contributed by atoms with Crippen molar-refractivity contribution in [1.29, 1.82) is 0 Å². The number of hydrogen-bond acceptors (Lipinski definition) is 6. The van der Waals surface area contributed by atoms with Crippen LogP contribution in [-0.4, -0.2) is 58.0 Å². The molecule has 0 spiro atoms. The van der Waals surface area contributed by atoms with E-state index < -0.39 is 0 Å². The second-order valence-electron chi connectivity index (χ2n) is 6.53. The van der Waals surface area contributed by atoms with Crippen molar-refractivity contribution in [2.75, 3.05) is 36.4 Å². The van der Waals surface area contributed by atoms with Crippen LogP contribution < -0.4 is 10.2 Å². The summed E-state index contributed by atoms with van der Waals surface area (Å²) < 4.78 is 0. The summed E-state index contributed by atoms with van der Waals surface area (Å²) in [6.07, 6.45) is 8.49. The summed E-state index contributed by atoms with van der Waals surface area (Å²) in [5.74, 6) is 1.62. The Morgan fingerprint density at radius 3 is 2.60 bits per heavy atom. The minimum Gasteiger partial charge on any atom is -0.367 e. The van der Waals surface area contributed by atoms with Gasteiger partial charge in [-0.25, -0.2) is 15.0 Å². The lowest BCUT2D eigenvalue weighted by Crippen LogP contribution is -2.35. The highest BCUT2D eigenvalue weighted by molar-refractivity contribution is 5.94. The number of carbonyl (C=O) groups is 1. The van der Waals surface area contributed by atoms with Gasteiger partial charge in [0.1, 0.15) is 5.82 Å². The normalized spacial score (nSPS) is 17.9. The summed E-state index contributed by atoms with van der Waals surface area (Å²) in [6.45, 7) is 3.00. The first-order valence-corrected chi connectivity index (χ1v) is 8.83. The van der Waals surface area contributed by atoms with E-state index in [0.717, 1.165) is 37.8 Å². The zero-order valence-corrected chi connectivity index (χ0v) is 14.1. The largest absolute Gasteiger partial charge is 0.367 e. The fourth-order valence-corrected chi connectivity index (χ4v) is 3.00. The smallest absolute Gasteiger partial charge is 0.255 e. The molecule has 2 fully saturated rings. The van der Waals surface area contributed by atoms with E-state index in [4.69, 9.17) is 0 Å². The van der Waals surface area contributed by atoms with Crippen LogP contribution in [0, 0.1) is 0 Å². The van der Waals surface area contributed by atoms with E-state index in [1.807, 2.05) is 23.1 Å². The Morgan fingerprint density at radius 2 is 1.88 bits per heavy atom. The van der Waals surface area contributed by atoms with E-state index >= 15 is 0 Å². The topological polar surface area (TPSA) is 74.2 Å². The Labute approximate surface area is 147 Å². The highest BCUT2D eigenvalue weighted by Crippen LogP contribution is 2.23.